The van der Waals surface area contributed by atoms with Crippen molar-refractivity contribution in [3.63, 3.8) is 0 Å². The van der Waals surface area contributed by atoms with Crippen molar-refractivity contribution in [1.82, 2.24) is 9.88 Å². The van der Waals surface area contributed by atoms with E-state index in [0.29, 0.717) is 12.2 Å². The van der Waals surface area contributed by atoms with Crippen LogP contribution >= 0.6 is 23.1 Å². The summed E-state index contributed by atoms with van der Waals surface area (Å²) in [6.07, 6.45) is 1.32. The van der Waals surface area contributed by atoms with Crippen LogP contribution in [-0.2, 0) is 20.9 Å². The Balaban J connectivity index is 1.45. The zero-order chi connectivity index (χ0) is 16.0. The molecule has 23 heavy (non-hydrogen) atoms. The number of aromatic nitrogens is 1. The maximum atomic E-state index is 12.4. The molecule has 1 aromatic carbocycles. The molecule has 0 bridgehead atoms. The molecule has 7 heteroatoms. The van der Waals surface area contributed by atoms with Crippen molar-refractivity contribution >= 4 is 45.2 Å². The zero-order valence-corrected chi connectivity index (χ0v) is 14.3. The summed E-state index contributed by atoms with van der Waals surface area (Å²) >= 11 is 3.20. The lowest BCUT2D eigenvalue weighted by molar-refractivity contribution is -0.154. The fourth-order valence-corrected chi connectivity index (χ4v) is 5.50. The first-order chi connectivity index (χ1) is 11.1. The van der Waals surface area contributed by atoms with Gasteiger partial charge in [-0.25, -0.2) is 9.78 Å². The van der Waals surface area contributed by atoms with Crippen LogP contribution in [0.5, 0.6) is 0 Å². The second-order valence-electron chi connectivity index (χ2n) is 5.95. The number of hydrogen-bond acceptors (Lipinski definition) is 6. The Morgan fingerprint density at radius 1 is 1.48 bits per heavy atom. The molecule has 0 unspecified atom stereocenters. The van der Waals surface area contributed by atoms with Gasteiger partial charge >= 0.3 is 5.97 Å². The third-order valence-corrected chi connectivity index (χ3v) is 6.91. The third kappa shape index (κ3) is 2.52. The number of carbonyl (C=O) groups is 2. The molecule has 5 nitrogen and oxygen atoms in total. The van der Waals surface area contributed by atoms with Gasteiger partial charge in [-0.1, -0.05) is 12.1 Å². The van der Waals surface area contributed by atoms with E-state index in [1.54, 1.807) is 16.7 Å². The van der Waals surface area contributed by atoms with Gasteiger partial charge in [-0.05, 0) is 25.5 Å². The van der Waals surface area contributed by atoms with E-state index in [2.05, 4.69) is 4.98 Å². The first-order valence-electron chi connectivity index (χ1n) is 7.54. The topological polar surface area (TPSA) is 59.5 Å². The van der Waals surface area contributed by atoms with Gasteiger partial charge < -0.3 is 9.64 Å². The number of carbonyl (C=O) groups excluding carboxylic acids is 2. The Labute approximate surface area is 142 Å². The number of para-hydroxylation sites is 1. The number of rotatable bonds is 3. The quantitative estimate of drug-likeness (QED) is 0.798. The van der Waals surface area contributed by atoms with E-state index in [0.717, 1.165) is 21.6 Å². The normalized spacial score (nSPS) is 26.7. The highest BCUT2D eigenvalue weighted by Crippen LogP contribution is 2.47. The van der Waals surface area contributed by atoms with Crippen molar-refractivity contribution in [2.75, 3.05) is 5.75 Å². The Morgan fingerprint density at radius 3 is 3.13 bits per heavy atom. The minimum atomic E-state index is -0.464. The number of ether oxygens (including phenoxy) is 1. The number of amides is 1. The predicted molar refractivity (Wildman–Crippen MR) is 90.1 cm³/mol. The average Bonchev–Trinajstić information content (AvgIpc) is 3.18. The molecule has 2 aromatic rings. The number of thioether (sulfide) groups is 1. The average molecular weight is 348 g/mol. The van der Waals surface area contributed by atoms with Crippen molar-refractivity contribution in [3.05, 3.63) is 29.3 Å². The fourth-order valence-electron chi connectivity index (χ4n) is 3.21. The summed E-state index contributed by atoms with van der Waals surface area (Å²) in [7, 11) is 0. The van der Waals surface area contributed by atoms with Crippen LogP contribution in [-0.4, -0.2) is 38.4 Å². The van der Waals surface area contributed by atoms with Gasteiger partial charge in [0.15, 0.2) is 0 Å². The van der Waals surface area contributed by atoms with Crippen LogP contribution in [0.15, 0.2) is 24.3 Å². The summed E-state index contributed by atoms with van der Waals surface area (Å²) < 4.78 is 6.53. The molecular weight excluding hydrogens is 332 g/mol. The van der Waals surface area contributed by atoms with Gasteiger partial charge in [0.2, 0.25) is 5.91 Å². The lowest BCUT2D eigenvalue weighted by Crippen LogP contribution is -2.46. The predicted octanol–water partition coefficient (Wildman–Crippen LogP) is 2.79. The number of hydrogen-bond donors (Lipinski definition) is 0. The van der Waals surface area contributed by atoms with E-state index in [1.165, 1.54) is 11.3 Å². The highest BCUT2D eigenvalue weighted by molar-refractivity contribution is 8.01. The van der Waals surface area contributed by atoms with Crippen molar-refractivity contribution in [1.29, 1.82) is 0 Å². The summed E-state index contributed by atoms with van der Waals surface area (Å²) in [5.41, 5.74) is 0.919. The Kier molecular flexibility index (Phi) is 3.57. The van der Waals surface area contributed by atoms with Crippen LogP contribution < -0.4 is 0 Å². The van der Waals surface area contributed by atoms with Crippen molar-refractivity contribution in [2.24, 2.45) is 0 Å². The molecule has 3 heterocycles. The molecular formula is C16H16N2O3S2. The van der Waals surface area contributed by atoms with Gasteiger partial charge in [0, 0.05) is 12.2 Å². The number of thiazole rings is 1. The second-order valence-corrected chi connectivity index (χ2v) is 8.57. The Bertz CT molecular complexity index is 757. The molecule has 0 spiro atoms. The van der Waals surface area contributed by atoms with Crippen molar-refractivity contribution < 1.29 is 14.3 Å². The first-order valence-corrected chi connectivity index (χ1v) is 9.34. The Morgan fingerprint density at radius 2 is 2.30 bits per heavy atom. The number of benzene rings is 1. The van der Waals surface area contributed by atoms with Gasteiger partial charge in [-0.15, -0.1) is 23.1 Å². The van der Waals surface area contributed by atoms with Crippen LogP contribution in [0.4, 0.5) is 0 Å². The van der Waals surface area contributed by atoms with Crippen LogP contribution in [0.1, 0.15) is 24.8 Å². The number of nitrogens with zero attached hydrogens (tertiary/aromatic N) is 2. The van der Waals surface area contributed by atoms with E-state index in [9.17, 15) is 9.59 Å². The smallest absolute Gasteiger partial charge is 0.330 e. The van der Waals surface area contributed by atoms with E-state index in [4.69, 9.17) is 4.74 Å². The molecule has 2 fully saturated rings. The van der Waals surface area contributed by atoms with Crippen LogP contribution in [0.3, 0.4) is 0 Å². The minimum absolute atomic E-state index is 0.0550. The molecule has 1 aromatic heterocycles. The number of fused-ring (bicyclic) bond motifs is 2. The molecule has 0 saturated carbocycles. The van der Waals surface area contributed by atoms with E-state index in [-0.39, 0.29) is 23.4 Å². The monoisotopic (exact) mass is 348 g/mol. The second kappa shape index (κ2) is 5.49. The summed E-state index contributed by atoms with van der Waals surface area (Å²) in [5.74, 6) is 0.344. The summed E-state index contributed by atoms with van der Waals surface area (Å²) in [4.78, 5) is 30.4. The lowest BCUT2D eigenvalue weighted by Gasteiger charge is -2.29. The summed E-state index contributed by atoms with van der Waals surface area (Å²) in [6.45, 7) is 2.20. The molecule has 0 aliphatic carbocycles. The Hall–Kier alpha value is -1.60. The van der Waals surface area contributed by atoms with Gasteiger partial charge in [0.05, 0.1) is 15.1 Å². The molecule has 0 radical (unpaired) electrons. The van der Waals surface area contributed by atoms with E-state index in [1.807, 2.05) is 31.2 Å². The van der Waals surface area contributed by atoms with Crippen molar-refractivity contribution in [3.8, 4) is 0 Å². The third-order valence-electron chi connectivity index (χ3n) is 4.39. The van der Waals surface area contributed by atoms with Gasteiger partial charge in [0.25, 0.3) is 0 Å². The minimum Gasteiger partial charge on any atom is -0.457 e. The molecule has 2 saturated heterocycles. The highest BCUT2D eigenvalue weighted by atomic mass is 32.2. The molecule has 0 N–H and O–H groups in total. The SMILES string of the molecule is C[C@]12CCC(=O)N1[C@H](C(=O)OCc1nc3ccccc3s1)CS2. The molecule has 2 atom stereocenters. The summed E-state index contributed by atoms with van der Waals surface area (Å²) in [6, 6.07) is 7.38. The maximum absolute atomic E-state index is 12.4. The molecule has 2 aliphatic heterocycles. The molecule has 120 valence electrons. The van der Waals surface area contributed by atoms with Gasteiger partial charge in [-0.2, -0.15) is 0 Å². The van der Waals surface area contributed by atoms with Crippen molar-refractivity contribution in [2.45, 2.75) is 37.3 Å². The molecule has 1 amide bonds. The van der Waals surface area contributed by atoms with Gasteiger partial charge in [0.1, 0.15) is 17.7 Å². The van der Waals surface area contributed by atoms with Crippen LogP contribution in [0.2, 0.25) is 0 Å². The largest absolute Gasteiger partial charge is 0.457 e. The first kappa shape index (κ1) is 15.0. The highest BCUT2D eigenvalue weighted by Gasteiger charge is 2.53. The lowest BCUT2D eigenvalue weighted by atomic mass is 10.2. The van der Waals surface area contributed by atoms with Crippen LogP contribution in [0, 0.1) is 0 Å². The maximum Gasteiger partial charge on any atom is 0.330 e. The molecule has 4 rings (SSSR count). The zero-order valence-electron chi connectivity index (χ0n) is 12.7. The van der Waals surface area contributed by atoms with Crippen LogP contribution in [0.25, 0.3) is 10.2 Å². The number of esters is 1. The fraction of sp³-hybridized carbons (Fsp3) is 0.438. The summed E-state index contributed by atoms with van der Waals surface area (Å²) in [5, 5.41) is 0.778. The van der Waals surface area contributed by atoms with E-state index >= 15 is 0 Å². The molecule has 2 aliphatic rings. The standard InChI is InChI=1S/C16H16N2O3S2/c1-16-7-6-14(19)18(16)11(9-22-16)15(20)21-8-13-17-10-4-2-3-5-12(10)23-13/h2-5,11H,6-9H2,1H3/t11-,16-/m0/s1. The van der Waals surface area contributed by atoms with E-state index < -0.39 is 6.04 Å². The van der Waals surface area contributed by atoms with Gasteiger partial charge in [-0.3, -0.25) is 4.79 Å².